The molecular formula is C12H13F2NO2S. The normalized spacial score (nSPS) is 18.9. The molecule has 1 atom stereocenters. The number of thioether (sulfide) groups is 1. The molecule has 2 rings (SSSR count). The van der Waals surface area contributed by atoms with Gasteiger partial charge in [-0.15, -0.1) is 0 Å². The van der Waals surface area contributed by atoms with Gasteiger partial charge in [-0.3, -0.25) is 0 Å². The van der Waals surface area contributed by atoms with Crippen LogP contribution >= 0.6 is 11.8 Å². The van der Waals surface area contributed by atoms with Crippen LogP contribution < -0.4 is 5.32 Å². The predicted octanol–water partition coefficient (Wildman–Crippen LogP) is 2.97. The maximum atomic E-state index is 13.6. The van der Waals surface area contributed by atoms with Crippen LogP contribution in [-0.2, 0) is 0 Å². The van der Waals surface area contributed by atoms with Crippen molar-refractivity contribution in [3.8, 4) is 0 Å². The SMILES string of the molecule is O=C(O)c1cc(F)c(NCC2CCCS2)c(F)c1. The van der Waals surface area contributed by atoms with E-state index in [1.165, 1.54) is 0 Å². The molecular weight excluding hydrogens is 260 g/mol. The molecule has 1 saturated heterocycles. The fraction of sp³-hybridized carbons (Fsp3) is 0.417. The standard InChI is InChI=1S/C12H13F2NO2S/c13-9-4-7(12(16)17)5-10(14)11(9)15-6-8-2-1-3-18-8/h4-5,8,15H,1-3,6H2,(H,16,17). The first kappa shape index (κ1) is 13.1. The Morgan fingerprint density at radius 2 is 2.11 bits per heavy atom. The Morgan fingerprint density at radius 1 is 1.44 bits per heavy atom. The van der Waals surface area contributed by atoms with Crippen LogP contribution in [0.2, 0.25) is 0 Å². The Bertz CT molecular complexity index is 438. The lowest BCUT2D eigenvalue weighted by atomic mass is 10.1. The topological polar surface area (TPSA) is 49.3 Å². The summed E-state index contributed by atoms with van der Waals surface area (Å²) in [5.41, 5.74) is -0.627. The molecule has 1 aromatic carbocycles. The van der Waals surface area contributed by atoms with E-state index < -0.39 is 17.6 Å². The van der Waals surface area contributed by atoms with E-state index in [0.717, 1.165) is 30.7 Å². The number of halogens is 2. The van der Waals surface area contributed by atoms with E-state index in [-0.39, 0.29) is 11.3 Å². The Morgan fingerprint density at radius 3 is 2.61 bits per heavy atom. The van der Waals surface area contributed by atoms with Crippen LogP contribution in [0.5, 0.6) is 0 Å². The lowest BCUT2D eigenvalue weighted by molar-refractivity contribution is 0.0696. The van der Waals surface area contributed by atoms with Gasteiger partial charge in [-0.05, 0) is 30.7 Å². The predicted molar refractivity (Wildman–Crippen MR) is 67.3 cm³/mol. The summed E-state index contributed by atoms with van der Waals surface area (Å²) in [4.78, 5) is 10.6. The average molecular weight is 273 g/mol. The molecule has 1 aromatic rings. The van der Waals surface area contributed by atoms with Crippen molar-refractivity contribution in [3.63, 3.8) is 0 Å². The zero-order valence-corrected chi connectivity index (χ0v) is 10.4. The van der Waals surface area contributed by atoms with Gasteiger partial charge in [0.2, 0.25) is 0 Å². The number of rotatable bonds is 4. The van der Waals surface area contributed by atoms with Crippen molar-refractivity contribution < 1.29 is 18.7 Å². The molecule has 0 bridgehead atoms. The minimum absolute atomic E-state index is 0.243. The Labute approximate surface area is 108 Å². The maximum absolute atomic E-state index is 13.6. The van der Waals surface area contributed by atoms with Crippen LogP contribution in [0.25, 0.3) is 0 Å². The third-order valence-corrected chi connectivity index (χ3v) is 4.22. The van der Waals surface area contributed by atoms with Crippen molar-refractivity contribution in [2.75, 3.05) is 17.6 Å². The zero-order chi connectivity index (χ0) is 13.1. The highest BCUT2D eigenvalue weighted by molar-refractivity contribution is 8.00. The molecule has 0 aliphatic carbocycles. The van der Waals surface area contributed by atoms with Gasteiger partial charge in [-0.2, -0.15) is 11.8 Å². The lowest BCUT2D eigenvalue weighted by Crippen LogP contribution is -2.16. The largest absolute Gasteiger partial charge is 0.478 e. The fourth-order valence-electron chi connectivity index (χ4n) is 1.89. The molecule has 6 heteroatoms. The number of benzene rings is 1. The van der Waals surface area contributed by atoms with Crippen LogP contribution in [0.1, 0.15) is 23.2 Å². The molecule has 1 fully saturated rings. The minimum atomic E-state index is -1.34. The van der Waals surface area contributed by atoms with Gasteiger partial charge in [0.1, 0.15) is 17.3 Å². The average Bonchev–Trinajstić information content (AvgIpc) is 2.80. The molecule has 98 valence electrons. The molecule has 0 spiro atoms. The molecule has 0 amide bonds. The number of carboxylic acid groups (broad SMARTS) is 1. The molecule has 0 saturated carbocycles. The van der Waals surface area contributed by atoms with E-state index in [1.807, 2.05) is 0 Å². The zero-order valence-electron chi connectivity index (χ0n) is 9.58. The number of nitrogens with one attached hydrogen (secondary N) is 1. The van der Waals surface area contributed by atoms with Crippen LogP contribution in [-0.4, -0.2) is 28.6 Å². The number of hydrogen-bond donors (Lipinski definition) is 2. The first-order valence-electron chi connectivity index (χ1n) is 5.65. The van der Waals surface area contributed by atoms with Crippen LogP contribution in [0.3, 0.4) is 0 Å². The van der Waals surface area contributed by atoms with E-state index >= 15 is 0 Å². The quantitative estimate of drug-likeness (QED) is 0.885. The minimum Gasteiger partial charge on any atom is -0.478 e. The monoisotopic (exact) mass is 273 g/mol. The van der Waals surface area contributed by atoms with Gasteiger partial charge in [0.25, 0.3) is 0 Å². The molecule has 1 unspecified atom stereocenters. The van der Waals surface area contributed by atoms with Crippen molar-refractivity contribution >= 4 is 23.4 Å². The molecule has 1 aliphatic heterocycles. The van der Waals surface area contributed by atoms with Gasteiger partial charge in [0.05, 0.1) is 5.56 Å². The summed E-state index contributed by atoms with van der Waals surface area (Å²) < 4.78 is 27.1. The second-order valence-electron chi connectivity index (χ2n) is 4.14. The van der Waals surface area contributed by atoms with Gasteiger partial charge in [-0.25, -0.2) is 13.6 Å². The molecule has 18 heavy (non-hydrogen) atoms. The van der Waals surface area contributed by atoms with Gasteiger partial charge in [-0.1, -0.05) is 0 Å². The van der Waals surface area contributed by atoms with E-state index in [2.05, 4.69) is 5.32 Å². The van der Waals surface area contributed by atoms with Crippen molar-refractivity contribution in [1.29, 1.82) is 0 Å². The lowest BCUT2D eigenvalue weighted by Gasteiger charge is -2.13. The molecule has 0 radical (unpaired) electrons. The summed E-state index contributed by atoms with van der Waals surface area (Å²) in [6, 6.07) is 1.66. The highest BCUT2D eigenvalue weighted by Crippen LogP contribution is 2.27. The first-order valence-corrected chi connectivity index (χ1v) is 6.70. The van der Waals surface area contributed by atoms with Crippen molar-refractivity contribution in [3.05, 3.63) is 29.3 Å². The van der Waals surface area contributed by atoms with E-state index in [1.54, 1.807) is 11.8 Å². The summed E-state index contributed by atoms with van der Waals surface area (Å²) in [6.45, 7) is 0.491. The van der Waals surface area contributed by atoms with E-state index in [4.69, 9.17) is 5.11 Å². The van der Waals surface area contributed by atoms with Crippen LogP contribution in [0.15, 0.2) is 12.1 Å². The second-order valence-corrected chi connectivity index (χ2v) is 5.54. The third kappa shape index (κ3) is 2.93. The highest BCUT2D eigenvalue weighted by atomic mass is 32.2. The van der Waals surface area contributed by atoms with E-state index in [9.17, 15) is 13.6 Å². The molecule has 1 aliphatic rings. The summed E-state index contributed by atoms with van der Waals surface area (Å²) in [5.74, 6) is -1.99. The molecule has 0 aromatic heterocycles. The summed E-state index contributed by atoms with van der Waals surface area (Å²) >= 11 is 1.78. The van der Waals surface area contributed by atoms with Crippen molar-refractivity contribution in [2.45, 2.75) is 18.1 Å². The Balaban J connectivity index is 2.10. The number of aromatic carboxylic acids is 1. The van der Waals surface area contributed by atoms with Gasteiger partial charge < -0.3 is 10.4 Å². The van der Waals surface area contributed by atoms with E-state index in [0.29, 0.717) is 11.8 Å². The summed E-state index contributed by atoms with van der Waals surface area (Å²) in [5, 5.41) is 11.8. The van der Waals surface area contributed by atoms with Crippen LogP contribution in [0, 0.1) is 11.6 Å². The van der Waals surface area contributed by atoms with Gasteiger partial charge in [0.15, 0.2) is 0 Å². The summed E-state index contributed by atoms with van der Waals surface area (Å²) in [7, 11) is 0. The second kappa shape index (κ2) is 5.56. The number of anilines is 1. The molecule has 2 N–H and O–H groups in total. The van der Waals surface area contributed by atoms with Crippen molar-refractivity contribution in [1.82, 2.24) is 0 Å². The smallest absolute Gasteiger partial charge is 0.335 e. The number of hydrogen-bond acceptors (Lipinski definition) is 3. The maximum Gasteiger partial charge on any atom is 0.335 e. The van der Waals surface area contributed by atoms with Crippen molar-refractivity contribution in [2.24, 2.45) is 0 Å². The highest BCUT2D eigenvalue weighted by Gasteiger charge is 2.18. The Hall–Kier alpha value is -1.30. The number of carboxylic acids is 1. The van der Waals surface area contributed by atoms with Crippen LogP contribution in [0.4, 0.5) is 14.5 Å². The molecule has 1 heterocycles. The van der Waals surface area contributed by atoms with Gasteiger partial charge in [0, 0.05) is 11.8 Å². The first-order chi connectivity index (χ1) is 8.58. The molecule has 3 nitrogen and oxygen atoms in total. The Kier molecular flexibility index (Phi) is 4.06. The summed E-state index contributed by atoms with van der Waals surface area (Å²) in [6.07, 6.45) is 2.16. The fourth-order valence-corrected chi connectivity index (χ4v) is 3.09. The number of carbonyl (C=O) groups is 1. The van der Waals surface area contributed by atoms with Gasteiger partial charge >= 0.3 is 5.97 Å². The third-order valence-electron chi connectivity index (χ3n) is 2.82.